The first kappa shape index (κ1) is 15.2. The van der Waals surface area contributed by atoms with E-state index in [1.165, 1.54) is 6.07 Å². The summed E-state index contributed by atoms with van der Waals surface area (Å²) in [5.41, 5.74) is 0.426. The number of hydrogen-bond acceptors (Lipinski definition) is 2. The predicted octanol–water partition coefficient (Wildman–Crippen LogP) is 4.98. The van der Waals surface area contributed by atoms with Gasteiger partial charge in [-0.25, -0.2) is 4.39 Å². The van der Waals surface area contributed by atoms with Crippen LogP contribution >= 0.6 is 31.9 Å². The SMILES string of the molecule is CCOc1ccc(C(=O)c2cccc(Br)c2F)c(Br)c1. The van der Waals surface area contributed by atoms with Crippen LogP contribution in [0, 0.1) is 5.82 Å². The Balaban J connectivity index is 2.41. The molecule has 0 saturated heterocycles. The molecule has 0 fully saturated rings. The topological polar surface area (TPSA) is 26.3 Å². The quantitative estimate of drug-likeness (QED) is 0.675. The van der Waals surface area contributed by atoms with Crippen LogP contribution in [0.1, 0.15) is 22.8 Å². The summed E-state index contributed by atoms with van der Waals surface area (Å²) >= 11 is 6.40. The summed E-state index contributed by atoms with van der Waals surface area (Å²) in [5, 5.41) is 0. The Labute approximate surface area is 133 Å². The van der Waals surface area contributed by atoms with Crippen molar-refractivity contribution in [3.8, 4) is 5.75 Å². The van der Waals surface area contributed by atoms with Crippen LogP contribution in [0.3, 0.4) is 0 Å². The molecule has 5 heteroatoms. The average molecular weight is 402 g/mol. The zero-order valence-electron chi connectivity index (χ0n) is 10.6. The molecular formula is C15H11Br2FO2. The van der Waals surface area contributed by atoms with Crippen molar-refractivity contribution in [1.29, 1.82) is 0 Å². The maximum absolute atomic E-state index is 14.0. The van der Waals surface area contributed by atoms with Crippen molar-refractivity contribution in [2.45, 2.75) is 6.92 Å². The van der Waals surface area contributed by atoms with E-state index in [9.17, 15) is 9.18 Å². The normalized spacial score (nSPS) is 10.4. The molecule has 104 valence electrons. The van der Waals surface area contributed by atoms with Crippen LogP contribution in [0.15, 0.2) is 45.3 Å². The number of ether oxygens (including phenoxy) is 1. The van der Waals surface area contributed by atoms with Crippen molar-refractivity contribution in [3.05, 3.63) is 62.3 Å². The molecular weight excluding hydrogens is 391 g/mol. The molecule has 0 aliphatic carbocycles. The van der Waals surface area contributed by atoms with Gasteiger partial charge >= 0.3 is 0 Å². The van der Waals surface area contributed by atoms with Gasteiger partial charge in [0, 0.05) is 10.0 Å². The molecule has 0 saturated carbocycles. The maximum atomic E-state index is 14.0. The van der Waals surface area contributed by atoms with Crippen molar-refractivity contribution >= 4 is 37.6 Å². The lowest BCUT2D eigenvalue weighted by molar-refractivity contribution is 0.103. The van der Waals surface area contributed by atoms with E-state index >= 15 is 0 Å². The third-order valence-electron chi connectivity index (χ3n) is 2.69. The van der Waals surface area contributed by atoms with Gasteiger partial charge < -0.3 is 4.74 Å². The summed E-state index contributed by atoms with van der Waals surface area (Å²) in [6.07, 6.45) is 0. The average Bonchev–Trinajstić information content (AvgIpc) is 2.42. The summed E-state index contributed by atoms with van der Waals surface area (Å²) in [5.74, 6) is -0.275. The first-order chi connectivity index (χ1) is 9.54. The molecule has 2 aromatic carbocycles. The lowest BCUT2D eigenvalue weighted by atomic mass is 10.0. The zero-order chi connectivity index (χ0) is 14.7. The summed E-state index contributed by atoms with van der Waals surface area (Å²) in [7, 11) is 0. The van der Waals surface area contributed by atoms with Crippen LogP contribution in [-0.4, -0.2) is 12.4 Å². The minimum absolute atomic E-state index is 0.0317. The van der Waals surface area contributed by atoms with Crippen molar-refractivity contribution in [1.82, 2.24) is 0 Å². The molecule has 0 radical (unpaired) electrons. The largest absolute Gasteiger partial charge is 0.494 e. The standard InChI is InChI=1S/C15H11Br2FO2/c1-2-20-9-6-7-10(13(17)8-9)15(19)11-4-3-5-12(16)14(11)18/h3-8H,2H2,1H3. The highest BCUT2D eigenvalue weighted by atomic mass is 79.9. The summed E-state index contributed by atoms with van der Waals surface area (Å²) in [6.45, 7) is 2.42. The lowest BCUT2D eigenvalue weighted by Crippen LogP contribution is -2.06. The van der Waals surface area contributed by atoms with E-state index in [1.54, 1.807) is 30.3 Å². The number of ketones is 1. The van der Waals surface area contributed by atoms with Crippen LogP contribution in [0.2, 0.25) is 0 Å². The molecule has 0 unspecified atom stereocenters. The van der Waals surface area contributed by atoms with Gasteiger partial charge in [-0.2, -0.15) is 0 Å². The van der Waals surface area contributed by atoms with Gasteiger partial charge in [0.15, 0.2) is 5.78 Å². The summed E-state index contributed by atoms with van der Waals surface area (Å²) in [6, 6.07) is 9.66. The summed E-state index contributed by atoms with van der Waals surface area (Å²) in [4.78, 5) is 12.4. The van der Waals surface area contributed by atoms with Crippen LogP contribution in [0.4, 0.5) is 4.39 Å². The highest BCUT2D eigenvalue weighted by Crippen LogP contribution is 2.27. The van der Waals surface area contributed by atoms with E-state index in [2.05, 4.69) is 31.9 Å². The third kappa shape index (κ3) is 3.10. The number of halogens is 3. The Morgan fingerprint density at radius 3 is 2.55 bits per heavy atom. The van der Waals surface area contributed by atoms with Gasteiger partial charge in [0.2, 0.25) is 0 Å². The Kier molecular flexibility index (Phi) is 4.94. The molecule has 0 bridgehead atoms. The molecule has 2 rings (SSSR count). The van der Waals surface area contributed by atoms with Gasteiger partial charge in [0.1, 0.15) is 11.6 Å². The summed E-state index contributed by atoms with van der Waals surface area (Å²) < 4.78 is 20.2. The maximum Gasteiger partial charge on any atom is 0.197 e. The van der Waals surface area contributed by atoms with E-state index in [1.807, 2.05) is 6.92 Å². The first-order valence-corrected chi connectivity index (χ1v) is 7.54. The fourth-order valence-electron chi connectivity index (χ4n) is 1.76. The molecule has 20 heavy (non-hydrogen) atoms. The minimum Gasteiger partial charge on any atom is -0.494 e. The number of rotatable bonds is 4. The highest BCUT2D eigenvalue weighted by molar-refractivity contribution is 9.10. The molecule has 0 aromatic heterocycles. The van der Waals surface area contributed by atoms with Crippen molar-refractivity contribution < 1.29 is 13.9 Å². The first-order valence-electron chi connectivity index (χ1n) is 5.95. The molecule has 0 heterocycles. The van der Waals surface area contributed by atoms with Crippen molar-refractivity contribution in [2.75, 3.05) is 6.61 Å². The van der Waals surface area contributed by atoms with Crippen LogP contribution in [-0.2, 0) is 0 Å². The lowest BCUT2D eigenvalue weighted by Gasteiger charge is -2.08. The number of hydrogen-bond donors (Lipinski definition) is 0. The second-order valence-corrected chi connectivity index (χ2v) is 5.71. The number of carbonyl (C=O) groups excluding carboxylic acids is 1. The smallest absolute Gasteiger partial charge is 0.197 e. The van der Waals surface area contributed by atoms with Gasteiger partial charge in [-0.3, -0.25) is 4.79 Å². The van der Waals surface area contributed by atoms with Gasteiger partial charge in [-0.15, -0.1) is 0 Å². The molecule has 0 N–H and O–H groups in total. The van der Waals surface area contributed by atoms with E-state index in [4.69, 9.17) is 4.74 Å². The Bertz CT molecular complexity index is 656. The fraction of sp³-hybridized carbons (Fsp3) is 0.133. The number of carbonyl (C=O) groups is 1. The molecule has 0 amide bonds. The second-order valence-electron chi connectivity index (χ2n) is 4.01. The number of benzene rings is 2. The fourth-order valence-corrected chi connectivity index (χ4v) is 2.66. The monoisotopic (exact) mass is 400 g/mol. The van der Waals surface area contributed by atoms with E-state index in [0.717, 1.165) is 0 Å². The third-order valence-corrected chi connectivity index (χ3v) is 3.96. The van der Waals surface area contributed by atoms with Crippen LogP contribution < -0.4 is 4.74 Å². The van der Waals surface area contributed by atoms with Crippen molar-refractivity contribution in [2.24, 2.45) is 0 Å². The predicted molar refractivity (Wildman–Crippen MR) is 82.8 cm³/mol. The van der Waals surface area contributed by atoms with Gasteiger partial charge in [-0.1, -0.05) is 6.07 Å². The Morgan fingerprint density at radius 2 is 1.90 bits per heavy atom. The molecule has 2 aromatic rings. The second kappa shape index (κ2) is 6.50. The van der Waals surface area contributed by atoms with Gasteiger partial charge in [-0.05, 0) is 69.1 Å². The van der Waals surface area contributed by atoms with Crippen LogP contribution in [0.25, 0.3) is 0 Å². The minimum atomic E-state index is -0.557. The van der Waals surface area contributed by atoms with Gasteiger partial charge in [0.05, 0.1) is 16.6 Å². The molecule has 0 aliphatic rings. The van der Waals surface area contributed by atoms with Crippen LogP contribution in [0.5, 0.6) is 5.75 Å². The highest BCUT2D eigenvalue weighted by Gasteiger charge is 2.18. The zero-order valence-corrected chi connectivity index (χ0v) is 13.8. The Hall–Kier alpha value is -1.20. The molecule has 2 nitrogen and oxygen atoms in total. The van der Waals surface area contributed by atoms with Gasteiger partial charge in [0.25, 0.3) is 0 Å². The molecule has 0 aliphatic heterocycles. The molecule has 0 spiro atoms. The van der Waals surface area contributed by atoms with E-state index in [-0.39, 0.29) is 15.8 Å². The Morgan fingerprint density at radius 1 is 1.15 bits per heavy atom. The van der Waals surface area contributed by atoms with Crippen molar-refractivity contribution in [3.63, 3.8) is 0 Å². The van der Waals surface area contributed by atoms with E-state index < -0.39 is 5.82 Å². The van der Waals surface area contributed by atoms with E-state index in [0.29, 0.717) is 22.4 Å². The molecule has 0 atom stereocenters.